The maximum absolute atomic E-state index is 12.2. The van der Waals surface area contributed by atoms with Crippen LogP contribution < -0.4 is 5.32 Å². The van der Waals surface area contributed by atoms with Crippen LogP contribution in [0.1, 0.15) is 20.3 Å². The third-order valence-electron chi connectivity index (χ3n) is 3.71. The van der Waals surface area contributed by atoms with Gasteiger partial charge in [0.15, 0.2) is 0 Å². The number of nitrogens with one attached hydrogen (secondary N) is 1. The number of ether oxygens (including phenoxy) is 1. The molecule has 0 aromatic heterocycles. The van der Waals surface area contributed by atoms with Crippen molar-refractivity contribution in [1.82, 2.24) is 10.2 Å². The number of aliphatic carboxylic acids is 1. The Morgan fingerprint density at radius 3 is 2.78 bits per heavy atom. The van der Waals surface area contributed by atoms with Gasteiger partial charge >= 0.3 is 5.97 Å². The van der Waals surface area contributed by atoms with Gasteiger partial charge in [0.25, 0.3) is 6.47 Å². The van der Waals surface area contributed by atoms with Crippen LogP contribution >= 0.6 is 11.8 Å². The molecule has 0 bridgehead atoms. The van der Waals surface area contributed by atoms with Crippen molar-refractivity contribution in [2.24, 2.45) is 5.92 Å². The zero-order valence-electron chi connectivity index (χ0n) is 12.5. The second kappa shape index (κ2) is 6.86. The van der Waals surface area contributed by atoms with E-state index in [0.29, 0.717) is 11.3 Å². The number of hydrogen-bond donors (Lipinski definition) is 2. The first-order valence-electron chi connectivity index (χ1n) is 6.85. The summed E-state index contributed by atoms with van der Waals surface area (Å²) in [4.78, 5) is 46.6. The Morgan fingerprint density at radius 2 is 2.22 bits per heavy atom. The van der Waals surface area contributed by atoms with Crippen LogP contribution in [0.4, 0.5) is 0 Å². The molecule has 8 nitrogen and oxygen atoms in total. The van der Waals surface area contributed by atoms with Crippen molar-refractivity contribution in [2.75, 3.05) is 0 Å². The molecule has 23 heavy (non-hydrogen) atoms. The van der Waals surface area contributed by atoms with Crippen molar-refractivity contribution < 1.29 is 29.0 Å². The summed E-state index contributed by atoms with van der Waals surface area (Å²) in [7, 11) is 0. The van der Waals surface area contributed by atoms with Crippen molar-refractivity contribution in [3.8, 4) is 0 Å². The Hall–Kier alpha value is -2.29. The summed E-state index contributed by atoms with van der Waals surface area (Å²) >= 11 is 1.14. The van der Waals surface area contributed by atoms with Gasteiger partial charge in [-0.1, -0.05) is 11.8 Å². The van der Waals surface area contributed by atoms with Crippen molar-refractivity contribution >= 4 is 36.0 Å². The van der Waals surface area contributed by atoms with Gasteiger partial charge in [0, 0.05) is 24.4 Å². The molecule has 124 valence electrons. The molecular formula is C14H16N2O6S. The predicted molar refractivity (Wildman–Crippen MR) is 80.6 cm³/mol. The lowest BCUT2D eigenvalue weighted by Crippen LogP contribution is -2.62. The van der Waals surface area contributed by atoms with Gasteiger partial charge in [-0.15, -0.1) is 0 Å². The first-order chi connectivity index (χ1) is 10.9. The first kappa shape index (κ1) is 17.1. The Labute approximate surface area is 136 Å². The third kappa shape index (κ3) is 3.24. The Kier molecular flexibility index (Phi) is 5.09. The van der Waals surface area contributed by atoms with Gasteiger partial charge in [0.1, 0.15) is 11.8 Å². The average Bonchev–Trinajstić information content (AvgIpc) is 2.78. The van der Waals surface area contributed by atoms with Crippen molar-refractivity contribution in [3.63, 3.8) is 0 Å². The number of carbonyl (C=O) groups excluding carboxylic acids is 3. The van der Waals surface area contributed by atoms with E-state index in [1.54, 1.807) is 12.3 Å². The number of carboxylic acid groups (broad SMARTS) is 1. The highest BCUT2D eigenvalue weighted by Crippen LogP contribution is 2.47. The second-order valence-corrected chi connectivity index (χ2v) is 6.14. The minimum absolute atomic E-state index is 0.0490. The second-order valence-electron chi connectivity index (χ2n) is 5.14. The van der Waals surface area contributed by atoms with Crippen LogP contribution in [0.15, 0.2) is 22.2 Å². The number of hydrogen-bond acceptors (Lipinski definition) is 6. The number of thioether (sulfide) groups is 1. The van der Waals surface area contributed by atoms with Gasteiger partial charge in [-0.2, -0.15) is 0 Å². The SMILES string of the molecule is CC(=O)NC=CSC1=C(C(=O)O)N2C(=O)[C@H]([C@@H](C)OC=O)[C@H]2C1. The zero-order chi connectivity index (χ0) is 17.1. The van der Waals surface area contributed by atoms with E-state index in [0.717, 1.165) is 11.8 Å². The molecule has 2 amide bonds. The number of nitrogens with zero attached hydrogens (tertiary/aromatic N) is 1. The van der Waals surface area contributed by atoms with Gasteiger partial charge in [0.05, 0.1) is 12.0 Å². The molecule has 1 saturated heterocycles. The van der Waals surface area contributed by atoms with E-state index in [4.69, 9.17) is 4.74 Å². The molecule has 0 aliphatic carbocycles. The maximum Gasteiger partial charge on any atom is 0.353 e. The number of β-lactam (4-membered cyclic amide) rings is 1. The molecular weight excluding hydrogens is 324 g/mol. The molecule has 2 N–H and O–H groups in total. The van der Waals surface area contributed by atoms with Gasteiger partial charge in [-0.05, 0) is 12.3 Å². The fourth-order valence-electron chi connectivity index (χ4n) is 2.76. The smallest absolute Gasteiger partial charge is 0.353 e. The normalized spacial score (nSPS) is 24.3. The van der Waals surface area contributed by atoms with Crippen molar-refractivity contribution in [3.05, 3.63) is 22.2 Å². The van der Waals surface area contributed by atoms with Gasteiger partial charge < -0.3 is 20.1 Å². The maximum atomic E-state index is 12.2. The number of rotatable bonds is 7. The summed E-state index contributed by atoms with van der Waals surface area (Å²) < 4.78 is 4.82. The average molecular weight is 340 g/mol. The first-order valence-corrected chi connectivity index (χ1v) is 7.73. The van der Waals surface area contributed by atoms with Crippen LogP contribution in [-0.2, 0) is 23.9 Å². The lowest BCUT2D eigenvalue weighted by Gasteiger charge is -2.45. The lowest BCUT2D eigenvalue weighted by atomic mass is 9.83. The fraction of sp³-hybridized carbons (Fsp3) is 0.429. The van der Waals surface area contributed by atoms with Gasteiger partial charge in [0.2, 0.25) is 11.8 Å². The van der Waals surface area contributed by atoms with Gasteiger partial charge in [-0.25, -0.2) is 4.79 Å². The summed E-state index contributed by atoms with van der Waals surface area (Å²) in [5.74, 6) is -2.31. The molecule has 0 unspecified atom stereocenters. The topological polar surface area (TPSA) is 113 Å². The van der Waals surface area contributed by atoms with Crippen LogP contribution in [0.5, 0.6) is 0 Å². The molecule has 2 aliphatic heterocycles. The van der Waals surface area contributed by atoms with Crippen LogP contribution in [0, 0.1) is 5.92 Å². The summed E-state index contributed by atoms with van der Waals surface area (Å²) in [5, 5.41) is 13.4. The summed E-state index contributed by atoms with van der Waals surface area (Å²) in [6.07, 6.45) is 1.18. The number of carboxylic acids is 1. The fourth-order valence-corrected chi connectivity index (χ4v) is 3.63. The number of fused-ring (bicyclic) bond motifs is 1. The molecule has 2 aliphatic rings. The van der Waals surface area contributed by atoms with E-state index in [2.05, 4.69) is 5.32 Å². The minimum Gasteiger partial charge on any atom is -0.477 e. The Bertz CT molecular complexity index is 614. The van der Waals surface area contributed by atoms with E-state index < -0.39 is 18.0 Å². The number of amides is 2. The predicted octanol–water partition coefficient (Wildman–Crippen LogP) is 0.415. The largest absolute Gasteiger partial charge is 0.477 e. The Morgan fingerprint density at radius 1 is 1.52 bits per heavy atom. The van der Waals surface area contributed by atoms with E-state index in [9.17, 15) is 24.3 Å². The molecule has 3 atom stereocenters. The molecule has 0 saturated carbocycles. The lowest BCUT2D eigenvalue weighted by molar-refractivity contribution is -0.165. The molecule has 0 aromatic carbocycles. The summed E-state index contributed by atoms with van der Waals surface area (Å²) in [5.41, 5.74) is -0.0490. The molecule has 1 fully saturated rings. The van der Waals surface area contributed by atoms with E-state index in [-0.39, 0.29) is 30.0 Å². The van der Waals surface area contributed by atoms with Crippen molar-refractivity contribution in [2.45, 2.75) is 32.4 Å². The summed E-state index contributed by atoms with van der Waals surface area (Å²) in [6.45, 7) is 3.25. The van der Waals surface area contributed by atoms with Crippen molar-refractivity contribution in [1.29, 1.82) is 0 Å². The van der Waals surface area contributed by atoms with E-state index in [1.807, 2.05) is 0 Å². The van der Waals surface area contributed by atoms with Crippen LogP contribution in [0.25, 0.3) is 0 Å². The molecule has 2 rings (SSSR count). The quantitative estimate of drug-likeness (QED) is 0.510. The van der Waals surface area contributed by atoms with E-state index in [1.165, 1.54) is 18.0 Å². The molecule has 0 spiro atoms. The summed E-state index contributed by atoms with van der Waals surface area (Å²) in [6, 6.07) is -0.319. The molecule has 2 heterocycles. The third-order valence-corrected chi connectivity index (χ3v) is 4.63. The number of carbonyl (C=O) groups is 4. The highest BCUT2D eigenvalue weighted by atomic mass is 32.2. The minimum atomic E-state index is -1.18. The highest BCUT2D eigenvalue weighted by molar-refractivity contribution is 8.05. The Balaban J connectivity index is 2.12. The standard InChI is InChI=1S/C14H16N2O6S/c1-7(22-6-17)11-9-5-10(23-4-3-15-8(2)18)12(14(20)21)16(9)13(11)19/h3-4,6-7,9,11H,5H2,1-2H3,(H,15,18)(H,20,21)/t7-,9-,11-/m1/s1. The van der Waals surface area contributed by atoms with Gasteiger partial charge in [-0.3, -0.25) is 14.4 Å². The van der Waals surface area contributed by atoms with Crippen LogP contribution in [0.3, 0.4) is 0 Å². The molecule has 0 radical (unpaired) electrons. The molecule has 0 aromatic rings. The zero-order valence-corrected chi connectivity index (χ0v) is 13.3. The van der Waals surface area contributed by atoms with Crippen LogP contribution in [0.2, 0.25) is 0 Å². The highest BCUT2D eigenvalue weighted by Gasteiger charge is 2.57. The molecule has 9 heteroatoms. The van der Waals surface area contributed by atoms with E-state index >= 15 is 0 Å². The van der Waals surface area contributed by atoms with Crippen LogP contribution in [-0.4, -0.2) is 46.4 Å². The monoisotopic (exact) mass is 340 g/mol.